The van der Waals surface area contributed by atoms with Crippen LogP contribution in [0.25, 0.3) is 0 Å². The van der Waals surface area contributed by atoms with E-state index < -0.39 is 16.8 Å². The normalized spacial score (nSPS) is 12.6. The molecule has 1 aromatic rings. The first-order valence-electron chi connectivity index (χ1n) is 4.39. The third-order valence-corrected chi connectivity index (χ3v) is 2.77. The van der Waals surface area contributed by atoms with E-state index in [0.29, 0.717) is 5.75 Å². The van der Waals surface area contributed by atoms with Gasteiger partial charge in [-0.15, -0.1) is 0 Å². The van der Waals surface area contributed by atoms with Crippen LogP contribution < -0.4 is 0 Å². The molecule has 15 heavy (non-hydrogen) atoms. The van der Waals surface area contributed by atoms with E-state index in [1.54, 1.807) is 0 Å². The van der Waals surface area contributed by atoms with E-state index in [1.165, 1.54) is 18.6 Å². The van der Waals surface area contributed by atoms with E-state index in [1.807, 2.05) is 30.3 Å². The summed E-state index contributed by atoms with van der Waals surface area (Å²) in [6.45, 7) is 0. The Hall–Kier alpha value is -1.42. The molecule has 0 radical (unpaired) electrons. The molecule has 0 saturated heterocycles. The van der Waals surface area contributed by atoms with Gasteiger partial charge in [0.15, 0.2) is 0 Å². The summed E-state index contributed by atoms with van der Waals surface area (Å²) in [7, 11) is 0.110. The Bertz CT molecular complexity index is 371. The van der Waals surface area contributed by atoms with Crippen molar-refractivity contribution in [3.63, 3.8) is 0 Å². The van der Waals surface area contributed by atoms with Crippen molar-refractivity contribution in [1.82, 2.24) is 0 Å². The van der Waals surface area contributed by atoms with Crippen molar-refractivity contribution in [3.05, 3.63) is 47.4 Å². The average molecular weight is 224 g/mol. The van der Waals surface area contributed by atoms with Gasteiger partial charge in [0.2, 0.25) is 0 Å². The first kappa shape index (κ1) is 11.7. The summed E-state index contributed by atoms with van der Waals surface area (Å²) in [5.74, 6) is -0.0784. The zero-order chi connectivity index (χ0) is 11.1. The molecular weight excluding hydrogens is 212 g/mol. The summed E-state index contributed by atoms with van der Waals surface area (Å²) in [4.78, 5) is 10.7. The van der Waals surface area contributed by atoms with Gasteiger partial charge in [0.25, 0.3) is 0 Å². The van der Waals surface area contributed by atoms with Gasteiger partial charge in [-0.1, -0.05) is 30.3 Å². The topological polar surface area (TPSA) is 43.4 Å². The lowest BCUT2D eigenvalue weighted by atomic mass is 10.2. The lowest BCUT2D eigenvalue weighted by Gasteiger charge is -1.96. The van der Waals surface area contributed by atoms with Crippen molar-refractivity contribution in [3.8, 4) is 0 Å². The third-order valence-electron chi connectivity index (χ3n) is 1.71. The lowest BCUT2D eigenvalue weighted by Crippen LogP contribution is -1.96. The Kier molecular flexibility index (Phi) is 4.77. The molecule has 0 aliphatic rings. The second-order valence-corrected chi connectivity index (χ2v) is 4.16. The Balaban J connectivity index is 2.50. The quantitative estimate of drug-likeness (QED) is 0.576. The van der Waals surface area contributed by atoms with Crippen LogP contribution in [-0.4, -0.2) is 17.3 Å². The highest BCUT2D eigenvalue weighted by atomic mass is 32.2. The predicted molar refractivity (Wildman–Crippen MR) is 59.4 cm³/mol. The Labute approximate surface area is 91.2 Å². The number of hydrogen-bond acceptors (Lipinski definition) is 3. The van der Waals surface area contributed by atoms with E-state index >= 15 is 0 Å². The minimum absolute atomic E-state index is 0.411. The van der Waals surface area contributed by atoms with E-state index in [2.05, 4.69) is 4.74 Å². The van der Waals surface area contributed by atoms with Crippen LogP contribution in [0.5, 0.6) is 0 Å². The first-order valence-corrected chi connectivity index (χ1v) is 5.78. The van der Waals surface area contributed by atoms with Crippen LogP contribution in [0, 0.1) is 0 Å². The molecule has 0 spiro atoms. The van der Waals surface area contributed by atoms with Gasteiger partial charge < -0.3 is 4.74 Å². The number of methoxy groups -OCH3 is 1. The molecule has 0 bridgehead atoms. The van der Waals surface area contributed by atoms with Crippen molar-refractivity contribution in [2.45, 2.75) is 5.75 Å². The van der Waals surface area contributed by atoms with Gasteiger partial charge in [0.1, 0.15) is 0 Å². The molecule has 80 valence electrons. The van der Waals surface area contributed by atoms with Gasteiger partial charge in [0, 0.05) is 11.5 Å². The smallest absolute Gasteiger partial charge is 0.331 e. The molecule has 1 atom stereocenters. The van der Waals surface area contributed by atoms with Crippen LogP contribution in [0.15, 0.2) is 41.8 Å². The second-order valence-electron chi connectivity index (χ2n) is 2.84. The highest BCUT2D eigenvalue weighted by Crippen LogP contribution is 2.03. The van der Waals surface area contributed by atoms with Gasteiger partial charge in [-0.25, -0.2) is 4.79 Å². The Morgan fingerprint density at radius 3 is 2.67 bits per heavy atom. The number of rotatable bonds is 4. The van der Waals surface area contributed by atoms with Crippen molar-refractivity contribution in [1.29, 1.82) is 0 Å². The summed E-state index contributed by atoms with van der Waals surface area (Å²) < 4.78 is 15.8. The Morgan fingerprint density at radius 1 is 1.40 bits per heavy atom. The maximum absolute atomic E-state index is 11.4. The van der Waals surface area contributed by atoms with Gasteiger partial charge in [-0.05, 0) is 5.56 Å². The number of esters is 1. The molecule has 1 rings (SSSR count). The molecule has 0 amide bonds. The summed E-state index contributed by atoms with van der Waals surface area (Å²) >= 11 is 0. The summed E-state index contributed by atoms with van der Waals surface area (Å²) in [6.07, 6.45) is 1.18. The first-order chi connectivity index (χ1) is 7.22. The fourth-order valence-electron chi connectivity index (χ4n) is 0.986. The van der Waals surface area contributed by atoms with E-state index in [0.717, 1.165) is 5.56 Å². The standard InChI is InChI=1S/C11H12O3S/c1-14-11(12)7-8-15(13)9-10-5-3-2-4-6-10/h2-8H,9H2,1H3. The van der Waals surface area contributed by atoms with Crippen LogP contribution in [0.1, 0.15) is 5.56 Å². The minimum Gasteiger partial charge on any atom is -0.466 e. The predicted octanol–water partition coefficient (Wildman–Crippen LogP) is 1.62. The number of ether oxygens (including phenoxy) is 1. The second kappa shape index (κ2) is 6.14. The van der Waals surface area contributed by atoms with E-state index in [9.17, 15) is 9.00 Å². The molecule has 3 nitrogen and oxygen atoms in total. The van der Waals surface area contributed by atoms with Crippen LogP contribution in [-0.2, 0) is 26.1 Å². The molecule has 1 aromatic carbocycles. The van der Waals surface area contributed by atoms with E-state index in [-0.39, 0.29) is 0 Å². The van der Waals surface area contributed by atoms with Gasteiger partial charge in [-0.2, -0.15) is 0 Å². The highest BCUT2D eigenvalue weighted by molar-refractivity contribution is 7.87. The van der Waals surface area contributed by atoms with Crippen molar-refractivity contribution >= 4 is 16.8 Å². The number of benzene rings is 1. The zero-order valence-corrected chi connectivity index (χ0v) is 9.20. The molecular formula is C11H12O3S. The fourth-order valence-corrected chi connectivity index (χ4v) is 1.87. The zero-order valence-electron chi connectivity index (χ0n) is 8.38. The maximum atomic E-state index is 11.4. The highest BCUT2D eigenvalue weighted by Gasteiger charge is 1.98. The van der Waals surface area contributed by atoms with Gasteiger partial charge in [-0.3, -0.25) is 4.21 Å². The molecule has 0 saturated carbocycles. The summed E-state index contributed by atoms with van der Waals surface area (Å²) in [5.41, 5.74) is 0.977. The van der Waals surface area contributed by atoms with Crippen LogP contribution >= 0.6 is 0 Å². The van der Waals surface area contributed by atoms with Crippen LogP contribution in [0.3, 0.4) is 0 Å². The number of carbonyl (C=O) groups is 1. The maximum Gasteiger partial charge on any atom is 0.331 e. The molecule has 0 aliphatic heterocycles. The molecule has 0 aliphatic carbocycles. The molecule has 0 fully saturated rings. The van der Waals surface area contributed by atoms with Crippen molar-refractivity contribution in [2.75, 3.05) is 7.11 Å². The summed E-state index contributed by atoms with van der Waals surface area (Å²) in [6, 6.07) is 9.46. The summed E-state index contributed by atoms with van der Waals surface area (Å²) in [5, 5.41) is 1.35. The SMILES string of the molecule is COC(=O)C=CS(=O)Cc1ccccc1. The third kappa shape index (κ3) is 4.56. The molecule has 0 N–H and O–H groups in total. The minimum atomic E-state index is -1.17. The number of hydrogen-bond donors (Lipinski definition) is 0. The molecule has 0 heterocycles. The van der Waals surface area contributed by atoms with Crippen molar-refractivity contribution in [2.24, 2.45) is 0 Å². The molecule has 1 unspecified atom stereocenters. The van der Waals surface area contributed by atoms with Crippen LogP contribution in [0.4, 0.5) is 0 Å². The van der Waals surface area contributed by atoms with Crippen LogP contribution in [0.2, 0.25) is 0 Å². The fraction of sp³-hybridized carbons (Fsp3) is 0.182. The average Bonchev–Trinajstić information content (AvgIpc) is 2.27. The molecule has 0 aromatic heterocycles. The van der Waals surface area contributed by atoms with Crippen molar-refractivity contribution < 1.29 is 13.7 Å². The molecule has 4 heteroatoms. The largest absolute Gasteiger partial charge is 0.466 e. The monoisotopic (exact) mass is 224 g/mol. The van der Waals surface area contributed by atoms with Gasteiger partial charge in [0.05, 0.1) is 23.7 Å². The van der Waals surface area contributed by atoms with E-state index in [4.69, 9.17) is 0 Å². The lowest BCUT2D eigenvalue weighted by molar-refractivity contribution is -0.134. The Morgan fingerprint density at radius 2 is 2.07 bits per heavy atom. The number of carbonyl (C=O) groups excluding carboxylic acids is 1. The van der Waals surface area contributed by atoms with Gasteiger partial charge >= 0.3 is 5.97 Å².